The average Bonchev–Trinajstić information content (AvgIpc) is 3.12. The minimum atomic E-state index is 0.0216. The second-order valence-electron chi connectivity index (χ2n) is 6.82. The van der Waals surface area contributed by atoms with Gasteiger partial charge in [-0.2, -0.15) is 0 Å². The summed E-state index contributed by atoms with van der Waals surface area (Å²) >= 11 is 0. The first-order valence-corrected chi connectivity index (χ1v) is 9.01. The van der Waals surface area contributed by atoms with Crippen molar-refractivity contribution < 1.29 is 4.79 Å². The van der Waals surface area contributed by atoms with Crippen molar-refractivity contribution in [1.82, 2.24) is 9.47 Å². The Labute approximate surface area is 154 Å². The summed E-state index contributed by atoms with van der Waals surface area (Å²) in [5.41, 5.74) is 4.55. The number of para-hydroxylation sites is 1. The zero-order chi connectivity index (χ0) is 17.9. The second kappa shape index (κ2) is 7.18. The topological polar surface area (TPSA) is 37.3 Å². The highest BCUT2D eigenvalue weighted by Crippen LogP contribution is 2.32. The van der Waals surface area contributed by atoms with Crippen LogP contribution >= 0.6 is 0 Å². The second-order valence-corrected chi connectivity index (χ2v) is 6.82. The molecule has 1 amide bonds. The van der Waals surface area contributed by atoms with Gasteiger partial charge in [0.2, 0.25) is 5.91 Å². The molecular weight excluding hydrogens is 322 g/mol. The molecule has 4 heteroatoms. The number of amides is 1. The maximum absolute atomic E-state index is 12.6. The number of benzene rings is 2. The molecule has 1 aromatic heterocycles. The van der Waals surface area contributed by atoms with E-state index < -0.39 is 0 Å². The van der Waals surface area contributed by atoms with E-state index in [9.17, 15) is 4.79 Å². The molecule has 132 valence electrons. The largest absolute Gasteiger partial charge is 0.348 e. The summed E-state index contributed by atoms with van der Waals surface area (Å²) in [6.07, 6.45) is 2.12. The Morgan fingerprint density at radius 3 is 2.54 bits per heavy atom. The van der Waals surface area contributed by atoms with E-state index in [2.05, 4.69) is 64.3 Å². The molecule has 0 bridgehead atoms. The van der Waals surface area contributed by atoms with Crippen molar-refractivity contribution in [3.05, 3.63) is 89.7 Å². The first kappa shape index (κ1) is 16.6. The fourth-order valence-corrected chi connectivity index (χ4v) is 3.64. The normalized spacial score (nSPS) is 16.9. The van der Waals surface area contributed by atoms with Crippen LogP contribution < -0.4 is 5.32 Å². The Morgan fingerprint density at radius 1 is 1.00 bits per heavy atom. The maximum atomic E-state index is 12.6. The van der Waals surface area contributed by atoms with Gasteiger partial charge in [-0.1, -0.05) is 48.0 Å². The Kier molecular flexibility index (Phi) is 4.59. The Bertz CT molecular complexity index is 883. The third-order valence-electron chi connectivity index (χ3n) is 4.94. The van der Waals surface area contributed by atoms with E-state index in [4.69, 9.17) is 0 Å². The third kappa shape index (κ3) is 3.41. The number of aryl methyl sites for hydroxylation is 1. The summed E-state index contributed by atoms with van der Waals surface area (Å²) in [4.78, 5) is 14.9. The summed E-state index contributed by atoms with van der Waals surface area (Å²) < 4.78 is 2.29. The molecule has 4 nitrogen and oxygen atoms in total. The Balaban J connectivity index is 1.58. The average molecular weight is 345 g/mol. The van der Waals surface area contributed by atoms with E-state index in [1.165, 1.54) is 16.8 Å². The van der Waals surface area contributed by atoms with E-state index in [0.717, 1.165) is 18.8 Å². The van der Waals surface area contributed by atoms with Crippen molar-refractivity contribution in [2.24, 2.45) is 0 Å². The number of carbonyl (C=O) groups excluding carboxylic acids is 1. The smallest absolute Gasteiger partial charge is 0.238 e. The summed E-state index contributed by atoms with van der Waals surface area (Å²) in [6, 6.07) is 22.6. The van der Waals surface area contributed by atoms with Gasteiger partial charge in [0.25, 0.3) is 0 Å². The molecule has 1 aliphatic heterocycles. The molecular formula is C22H23N3O. The number of anilines is 1. The highest BCUT2D eigenvalue weighted by Gasteiger charge is 2.29. The van der Waals surface area contributed by atoms with Crippen LogP contribution in [0.5, 0.6) is 0 Å². The van der Waals surface area contributed by atoms with Crippen molar-refractivity contribution in [3.8, 4) is 0 Å². The zero-order valence-electron chi connectivity index (χ0n) is 14.9. The van der Waals surface area contributed by atoms with Crippen LogP contribution in [0.2, 0.25) is 0 Å². The quantitative estimate of drug-likeness (QED) is 0.780. The van der Waals surface area contributed by atoms with Crippen LogP contribution in [-0.2, 0) is 11.3 Å². The molecule has 0 aliphatic carbocycles. The number of rotatable bonds is 4. The highest BCUT2D eigenvalue weighted by molar-refractivity contribution is 5.92. The van der Waals surface area contributed by atoms with Gasteiger partial charge < -0.3 is 9.88 Å². The Hall–Kier alpha value is -2.85. The summed E-state index contributed by atoms with van der Waals surface area (Å²) in [5, 5.41) is 3.00. The molecule has 1 atom stereocenters. The number of aromatic nitrogens is 1. The lowest BCUT2D eigenvalue weighted by Crippen LogP contribution is -2.42. The summed E-state index contributed by atoms with van der Waals surface area (Å²) in [6.45, 7) is 4.22. The van der Waals surface area contributed by atoms with Gasteiger partial charge in [0.15, 0.2) is 0 Å². The van der Waals surface area contributed by atoms with Gasteiger partial charge in [-0.05, 0) is 36.8 Å². The molecule has 2 heterocycles. The maximum Gasteiger partial charge on any atom is 0.238 e. The first-order chi connectivity index (χ1) is 12.7. The SMILES string of the molecule is Cc1ccc(C2c3cccn3CCN2CC(=O)Nc2ccccc2)cc1. The molecule has 0 radical (unpaired) electrons. The zero-order valence-corrected chi connectivity index (χ0v) is 14.9. The standard InChI is InChI=1S/C22H23N3O/c1-17-9-11-18(12-10-17)22-20-8-5-13-24(20)14-15-25(22)16-21(26)23-19-6-3-2-4-7-19/h2-13,22H,14-16H2,1H3,(H,23,26). The minimum absolute atomic E-state index is 0.0216. The van der Waals surface area contributed by atoms with Gasteiger partial charge in [0.05, 0.1) is 12.6 Å². The fraction of sp³-hybridized carbons (Fsp3) is 0.227. The van der Waals surface area contributed by atoms with Gasteiger partial charge in [0.1, 0.15) is 0 Å². The van der Waals surface area contributed by atoms with Gasteiger partial charge in [-0.15, -0.1) is 0 Å². The van der Waals surface area contributed by atoms with Gasteiger partial charge in [-0.25, -0.2) is 0 Å². The van der Waals surface area contributed by atoms with E-state index in [1.54, 1.807) is 0 Å². The molecule has 1 unspecified atom stereocenters. The number of nitrogens with one attached hydrogen (secondary N) is 1. The number of hydrogen-bond acceptors (Lipinski definition) is 2. The summed E-state index contributed by atoms with van der Waals surface area (Å²) in [5.74, 6) is 0.0216. The van der Waals surface area contributed by atoms with Crippen molar-refractivity contribution >= 4 is 11.6 Å². The van der Waals surface area contributed by atoms with Gasteiger partial charge >= 0.3 is 0 Å². The number of nitrogens with zero attached hydrogens (tertiary/aromatic N) is 2. The third-order valence-corrected chi connectivity index (χ3v) is 4.94. The molecule has 3 aromatic rings. The van der Waals surface area contributed by atoms with Gasteiger partial charge in [0, 0.05) is 30.7 Å². The monoisotopic (exact) mass is 345 g/mol. The number of hydrogen-bond donors (Lipinski definition) is 1. The van der Waals surface area contributed by atoms with Crippen molar-refractivity contribution in [2.75, 3.05) is 18.4 Å². The predicted molar refractivity (Wildman–Crippen MR) is 104 cm³/mol. The van der Waals surface area contributed by atoms with E-state index in [-0.39, 0.29) is 11.9 Å². The van der Waals surface area contributed by atoms with E-state index in [0.29, 0.717) is 6.54 Å². The molecule has 4 rings (SSSR count). The van der Waals surface area contributed by atoms with E-state index in [1.807, 2.05) is 30.3 Å². The van der Waals surface area contributed by atoms with Crippen LogP contribution in [0, 0.1) is 6.92 Å². The van der Waals surface area contributed by atoms with Crippen LogP contribution in [0.25, 0.3) is 0 Å². The minimum Gasteiger partial charge on any atom is -0.348 e. The molecule has 0 saturated carbocycles. The first-order valence-electron chi connectivity index (χ1n) is 9.01. The van der Waals surface area contributed by atoms with Crippen molar-refractivity contribution in [2.45, 2.75) is 19.5 Å². The molecule has 0 fully saturated rings. The van der Waals surface area contributed by atoms with Crippen LogP contribution in [0.1, 0.15) is 22.9 Å². The van der Waals surface area contributed by atoms with Crippen molar-refractivity contribution in [1.29, 1.82) is 0 Å². The van der Waals surface area contributed by atoms with Crippen LogP contribution in [-0.4, -0.2) is 28.5 Å². The van der Waals surface area contributed by atoms with Crippen LogP contribution in [0.15, 0.2) is 72.9 Å². The Morgan fingerprint density at radius 2 is 1.77 bits per heavy atom. The highest BCUT2D eigenvalue weighted by atomic mass is 16.2. The summed E-state index contributed by atoms with van der Waals surface area (Å²) in [7, 11) is 0. The predicted octanol–water partition coefficient (Wildman–Crippen LogP) is 3.84. The van der Waals surface area contributed by atoms with E-state index >= 15 is 0 Å². The fourth-order valence-electron chi connectivity index (χ4n) is 3.64. The lowest BCUT2D eigenvalue weighted by atomic mass is 9.99. The van der Waals surface area contributed by atoms with Crippen molar-refractivity contribution in [3.63, 3.8) is 0 Å². The van der Waals surface area contributed by atoms with Crippen LogP contribution in [0.4, 0.5) is 5.69 Å². The molecule has 26 heavy (non-hydrogen) atoms. The van der Waals surface area contributed by atoms with Gasteiger partial charge in [-0.3, -0.25) is 9.69 Å². The molecule has 1 aliphatic rings. The molecule has 0 spiro atoms. The molecule has 1 N–H and O–H groups in total. The molecule has 2 aromatic carbocycles. The number of fused-ring (bicyclic) bond motifs is 1. The lowest BCUT2D eigenvalue weighted by Gasteiger charge is -2.37. The molecule has 0 saturated heterocycles. The number of carbonyl (C=O) groups is 1. The lowest BCUT2D eigenvalue weighted by molar-refractivity contribution is -0.117. The van der Waals surface area contributed by atoms with Crippen LogP contribution in [0.3, 0.4) is 0 Å².